The van der Waals surface area contributed by atoms with E-state index in [0.29, 0.717) is 36.3 Å². The van der Waals surface area contributed by atoms with Gasteiger partial charge in [0.1, 0.15) is 28.9 Å². The van der Waals surface area contributed by atoms with E-state index in [9.17, 15) is 19.2 Å². The summed E-state index contributed by atoms with van der Waals surface area (Å²) in [6.45, 7) is 1.45. The van der Waals surface area contributed by atoms with Crippen molar-refractivity contribution in [3.63, 3.8) is 0 Å². The molecule has 1 saturated heterocycles. The molecule has 2 aliphatic heterocycles. The fraction of sp³-hybridized carbons (Fsp3) is 0.500. The molecule has 10 nitrogen and oxygen atoms in total. The lowest BCUT2D eigenvalue weighted by Crippen LogP contribution is -2.51. The van der Waals surface area contributed by atoms with E-state index in [1.54, 1.807) is 7.11 Å². The SMILES string of the molecule is COc1ccc2c(O[C@H]3CC4C(=O)[C@@H](CC(=O)N5CCCCC5)CCCCC/C=C\[C@@H]5C[C@]5(C(N)=O)NC(=O)[C@@H]4C3)cc(-c3ccccc3)nc2c1. The quantitative estimate of drug-likeness (QED) is 0.281. The van der Waals surface area contributed by atoms with Gasteiger partial charge in [0.05, 0.1) is 24.2 Å². The van der Waals surface area contributed by atoms with Gasteiger partial charge in [-0.25, -0.2) is 4.98 Å². The number of nitrogens with one attached hydrogen (secondary N) is 1. The highest BCUT2D eigenvalue weighted by Gasteiger charge is 2.60. The number of carbonyl (C=O) groups is 4. The van der Waals surface area contributed by atoms with Crippen LogP contribution < -0.4 is 20.5 Å². The number of ketones is 1. The average Bonchev–Trinajstić information content (AvgIpc) is 3.70. The summed E-state index contributed by atoms with van der Waals surface area (Å²) >= 11 is 0. The third-order valence-corrected chi connectivity index (χ3v) is 11.7. The fourth-order valence-corrected chi connectivity index (χ4v) is 8.57. The minimum absolute atomic E-state index is 0.0197. The predicted octanol–water partition coefficient (Wildman–Crippen LogP) is 6.15. The van der Waals surface area contributed by atoms with E-state index < -0.39 is 35.3 Å². The van der Waals surface area contributed by atoms with Crippen LogP contribution in [-0.4, -0.2) is 65.2 Å². The first-order chi connectivity index (χ1) is 25.3. The highest BCUT2D eigenvalue weighted by molar-refractivity contribution is 5.98. The van der Waals surface area contributed by atoms with Crippen LogP contribution in [0.25, 0.3) is 22.2 Å². The maximum absolute atomic E-state index is 14.7. The number of carbonyl (C=O) groups excluding carboxylic acids is 4. The number of fused-ring (bicyclic) bond motifs is 3. The Labute approximate surface area is 305 Å². The Bertz CT molecular complexity index is 1840. The predicted molar refractivity (Wildman–Crippen MR) is 198 cm³/mol. The number of nitrogens with zero attached hydrogens (tertiary/aromatic N) is 2. The number of benzene rings is 2. The maximum Gasteiger partial charge on any atom is 0.243 e. The summed E-state index contributed by atoms with van der Waals surface area (Å²) in [5.74, 6) is -1.77. The number of allylic oxidation sites excluding steroid dienone is 1. The van der Waals surface area contributed by atoms with E-state index in [2.05, 4.69) is 11.4 Å². The number of aromatic nitrogens is 1. The monoisotopic (exact) mass is 706 g/mol. The van der Waals surface area contributed by atoms with Crippen LogP contribution in [0.2, 0.25) is 0 Å². The number of nitrogens with two attached hydrogens (primary N) is 1. The summed E-state index contributed by atoms with van der Waals surface area (Å²) in [6, 6.07) is 17.4. The van der Waals surface area contributed by atoms with Crippen LogP contribution in [-0.2, 0) is 19.2 Å². The third-order valence-electron chi connectivity index (χ3n) is 11.7. The van der Waals surface area contributed by atoms with Crippen LogP contribution in [0.5, 0.6) is 11.5 Å². The summed E-state index contributed by atoms with van der Waals surface area (Å²) < 4.78 is 12.3. The molecule has 2 aliphatic carbocycles. The summed E-state index contributed by atoms with van der Waals surface area (Å²) in [5.41, 5.74) is 7.10. The second-order valence-corrected chi connectivity index (χ2v) is 15.1. The molecule has 52 heavy (non-hydrogen) atoms. The zero-order chi connectivity index (χ0) is 36.2. The third kappa shape index (κ3) is 7.57. The lowest BCUT2D eigenvalue weighted by Gasteiger charge is -2.29. The molecule has 3 amide bonds. The molecule has 2 aromatic carbocycles. The van der Waals surface area contributed by atoms with Gasteiger partial charge in [0, 0.05) is 60.3 Å². The summed E-state index contributed by atoms with van der Waals surface area (Å²) in [6.07, 6.45) is 12.0. The topological polar surface area (TPSA) is 141 Å². The number of amides is 3. The van der Waals surface area contributed by atoms with Crippen molar-refractivity contribution in [1.82, 2.24) is 15.2 Å². The highest BCUT2D eigenvalue weighted by Crippen LogP contribution is 2.47. The zero-order valence-corrected chi connectivity index (χ0v) is 30.1. The van der Waals surface area contributed by atoms with Gasteiger partial charge in [0.2, 0.25) is 17.7 Å². The molecule has 7 rings (SSSR count). The molecular formula is C42H50N4O6. The number of ether oxygens (including phenoxy) is 2. The molecule has 0 bridgehead atoms. The molecule has 10 heteroatoms. The van der Waals surface area contributed by atoms with Crippen molar-refractivity contribution < 1.29 is 28.7 Å². The number of primary amides is 1. The molecule has 3 N–H and O–H groups in total. The molecule has 274 valence electrons. The molecule has 6 atom stereocenters. The number of likely N-dealkylation sites (tertiary alicyclic amines) is 1. The highest BCUT2D eigenvalue weighted by atomic mass is 16.5. The molecular weight excluding hydrogens is 656 g/mol. The van der Waals surface area contributed by atoms with Crippen LogP contribution in [0.1, 0.15) is 77.0 Å². The molecule has 3 heterocycles. The zero-order valence-electron chi connectivity index (χ0n) is 30.1. The standard InChI is InChI=1S/C42H50N4O6/c1-51-30-17-18-32-36(24-30)44-35(27-13-8-5-9-14-27)25-37(32)52-31-22-33-34(23-31)40(49)45-42(41(43)50)26-29(42)16-10-4-2-3-7-15-28(39(33)48)21-38(47)46-19-11-6-12-20-46/h5,8-10,13-14,16-18,24-25,28-29,31,33-34H,2-4,6-7,11-12,15,19-23,26H2,1H3,(H2,43,50)(H,45,49)/b16-10-/t28-,29-,31+,33?,34-,42+/m1/s1. The van der Waals surface area contributed by atoms with Crippen molar-refractivity contribution >= 4 is 34.4 Å². The van der Waals surface area contributed by atoms with Crippen LogP contribution in [0.3, 0.4) is 0 Å². The Balaban J connectivity index is 1.21. The lowest BCUT2D eigenvalue weighted by molar-refractivity contribution is -0.140. The van der Waals surface area contributed by atoms with Gasteiger partial charge in [-0.2, -0.15) is 0 Å². The van der Waals surface area contributed by atoms with Gasteiger partial charge in [-0.3, -0.25) is 19.2 Å². The number of hydrogen-bond acceptors (Lipinski definition) is 7. The molecule has 3 fully saturated rings. The number of methoxy groups -OCH3 is 1. The van der Waals surface area contributed by atoms with E-state index >= 15 is 0 Å². The number of hydrogen-bond donors (Lipinski definition) is 2. The van der Waals surface area contributed by atoms with Crippen molar-refractivity contribution in [2.75, 3.05) is 20.2 Å². The van der Waals surface area contributed by atoms with Crippen molar-refractivity contribution in [3.8, 4) is 22.8 Å². The van der Waals surface area contributed by atoms with Crippen LogP contribution in [0.15, 0.2) is 66.7 Å². The summed E-state index contributed by atoms with van der Waals surface area (Å²) in [7, 11) is 1.61. The van der Waals surface area contributed by atoms with Gasteiger partial charge < -0.3 is 25.4 Å². The van der Waals surface area contributed by atoms with E-state index in [4.69, 9.17) is 20.2 Å². The van der Waals surface area contributed by atoms with Crippen LogP contribution in [0.4, 0.5) is 0 Å². The normalized spacial score (nSPS) is 28.8. The molecule has 1 unspecified atom stereocenters. The van der Waals surface area contributed by atoms with Crippen LogP contribution in [0, 0.1) is 23.7 Å². The van der Waals surface area contributed by atoms with Crippen molar-refractivity contribution in [2.45, 2.75) is 88.7 Å². The minimum atomic E-state index is -1.16. The van der Waals surface area contributed by atoms with E-state index in [-0.39, 0.29) is 36.4 Å². The average molecular weight is 707 g/mol. The summed E-state index contributed by atoms with van der Waals surface area (Å²) in [4.78, 5) is 62.2. The molecule has 4 aliphatic rings. The molecule has 2 saturated carbocycles. The van der Waals surface area contributed by atoms with Crippen molar-refractivity contribution in [2.24, 2.45) is 29.4 Å². The van der Waals surface area contributed by atoms with E-state index in [1.807, 2.05) is 65.6 Å². The van der Waals surface area contributed by atoms with Gasteiger partial charge in [0.25, 0.3) is 0 Å². The van der Waals surface area contributed by atoms with Gasteiger partial charge in [-0.05, 0) is 69.9 Å². The second-order valence-electron chi connectivity index (χ2n) is 15.1. The number of rotatable bonds is 7. The van der Waals surface area contributed by atoms with E-state index in [1.165, 1.54) is 0 Å². The van der Waals surface area contributed by atoms with E-state index in [0.717, 1.165) is 74.7 Å². The molecule has 0 spiro atoms. The van der Waals surface area contributed by atoms with Gasteiger partial charge in [-0.15, -0.1) is 0 Å². The Morgan fingerprint density at radius 1 is 0.962 bits per heavy atom. The second kappa shape index (κ2) is 15.5. The smallest absolute Gasteiger partial charge is 0.243 e. The summed E-state index contributed by atoms with van der Waals surface area (Å²) in [5, 5.41) is 3.81. The fourth-order valence-electron chi connectivity index (χ4n) is 8.57. The molecule has 1 aromatic heterocycles. The first-order valence-corrected chi connectivity index (χ1v) is 19.1. The van der Waals surface area contributed by atoms with Crippen molar-refractivity contribution in [3.05, 3.63) is 66.7 Å². The van der Waals surface area contributed by atoms with Crippen LogP contribution >= 0.6 is 0 Å². The Hall–Kier alpha value is -4.73. The first kappa shape index (κ1) is 35.7. The van der Waals surface area contributed by atoms with Gasteiger partial charge in [-0.1, -0.05) is 55.3 Å². The van der Waals surface area contributed by atoms with Crippen molar-refractivity contribution in [1.29, 1.82) is 0 Å². The molecule has 3 aromatic rings. The Morgan fingerprint density at radius 2 is 1.73 bits per heavy atom. The lowest BCUT2D eigenvalue weighted by atomic mass is 9.80. The number of piperidine rings is 1. The molecule has 0 radical (unpaired) electrons. The largest absolute Gasteiger partial charge is 0.497 e. The van der Waals surface area contributed by atoms with Gasteiger partial charge in [0.15, 0.2) is 0 Å². The van der Waals surface area contributed by atoms with Gasteiger partial charge >= 0.3 is 0 Å². The minimum Gasteiger partial charge on any atom is -0.497 e. The number of Topliss-reactive ketones (excluding diaryl/α,β-unsaturated/α-hetero) is 1. The number of pyridine rings is 1. The first-order valence-electron chi connectivity index (χ1n) is 19.1. The Kier molecular flexibility index (Phi) is 10.6. The maximum atomic E-state index is 14.7. The Morgan fingerprint density at radius 3 is 2.50 bits per heavy atom.